The number of hydrogen-bond acceptors (Lipinski definition) is 3. The van der Waals surface area contributed by atoms with E-state index >= 15 is 0 Å². The van der Waals surface area contributed by atoms with Gasteiger partial charge in [0.2, 0.25) is 5.91 Å². The number of carbonyl (C=O) groups excluding carboxylic acids is 1. The van der Waals surface area contributed by atoms with E-state index in [1.54, 1.807) is 0 Å². The summed E-state index contributed by atoms with van der Waals surface area (Å²) in [7, 11) is 0. The Bertz CT molecular complexity index is 411. The van der Waals surface area contributed by atoms with E-state index in [1.807, 2.05) is 24.3 Å². The normalized spacial score (nSPS) is 23.4. The lowest BCUT2D eigenvalue weighted by atomic mass is 9.91. The molecule has 1 aliphatic rings. The van der Waals surface area contributed by atoms with E-state index in [9.17, 15) is 4.79 Å². The summed E-state index contributed by atoms with van der Waals surface area (Å²) in [5.74, 6) is -0.0456. The van der Waals surface area contributed by atoms with Crippen molar-refractivity contribution >= 4 is 17.3 Å². The molecule has 4 heteroatoms. The second kappa shape index (κ2) is 5.87. The molecule has 98 valence electrons. The van der Waals surface area contributed by atoms with Crippen LogP contribution in [0.4, 0.5) is 11.4 Å². The van der Waals surface area contributed by atoms with Crippen molar-refractivity contribution < 1.29 is 4.79 Å². The van der Waals surface area contributed by atoms with E-state index in [4.69, 9.17) is 5.73 Å². The quantitative estimate of drug-likeness (QED) is 0.768. The van der Waals surface area contributed by atoms with E-state index in [0.29, 0.717) is 12.1 Å². The van der Waals surface area contributed by atoms with E-state index in [-0.39, 0.29) is 5.91 Å². The van der Waals surface area contributed by atoms with Crippen LogP contribution in [-0.2, 0) is 4.79 Å². The summed E-state index contributed by atoms with van der Waals surface area (Å²) >= 11 is 0. The van der Waals surface area contributed by atoms with Crippen molar-refractivity contribution in [2.75, 3.05) is 10.6 Å². The predicted molar refractivity (Wildman–Crippen MR) is 74.6 cm³/mol. The molecule has 0 aliphatic heterocycles. The summed E-state index contributed by atoms with van der Waals surface area (Å²) in [5.41, 5.74) is 7.78. The van der Waals surface area contributed by atoms with Gasteiger partial charge < -0.3 is 16.4 Å². The third-order valence-electron chi connectivity index (χ3n) is 3.33. The number of carbonyl (C=O) groups is 1. The molecule has 4 N–H and O–H groups in total. The molecule has 1 fully saturated rings. The van der Waals surface area contributed by atoms with Gasteiger partial charge in [0.05, 0.1) is 0 Å². The van der Waals surface area contributed by atoms with Crippen molar-refractivity contribution in [3.8, 4) is 0 Å². The Labute approximate surface area is 108 Å². The molecule has 18 heavy (non-hydrogen) atoms. The van der Waals surface area contributed by atoms with Gasteiger partial charge in [-0.2, -0.15) is 0 Å². The minimum Gasteiger partial charge on any atom is -0.382 e. The predicted octanol–water partition coefficient (Wildman–Crippen LogP) is 2.33. The summed E-state index contributed by atoms with van der Waals surface area (Å²) in [6.07, 6.45) is 4.41. The lowest BCUT2D eigenvalue weighted by Gasteiger charge is -2.27. The van der Waals surface area contributed by atoms with Gasteiger partial charge >= 0.3 is 0 Å². The van der Waals surface area contributed by atoms with Gasteiger partial charge in [-0.25, -0.2) is 0 Å². The molecule has 0 heterocycles. The second-order valence-electron chi connectivity index (χ2n) is 5.02. The number of amides is 1. The lowest BCUT2D eigenvalue weighted by molar-refractivity contribution is -0.114. The van der Waals surface area contributed by atoms with Gasteiger partial charge in [-0.05, 0) is 43.9 Å². The Kier molecular flexibility index (Phi) is 4.20. The van der Waals surface area contributed by atoms with Crippen LogP contribution in [0.2, 0.25) is 0 Å². The van der Waals surface area contributed by atoms with Crippen LogP contribution >= 0.6 is 0 Å². The number of rotatable bonds is 3. The fourth-order valence-corrected chi connectivity index (χ4v) is 2.39. The number of anilines is 2. The maximum atomic E-state index is 11.0. The zero-order valence-corrected chi connectivity index (χ0v) is 10.8. The summed E-state index contributed by atoms with van der Waals surface area (Å²) < 4.78 is 0. The largest absolute Gasteiger partial charge is 0.382 e. The Balaban J connectivity index is 1.94. The first-order valence-electron chi connectivity index (χ1n) is 6.53. The average molecular weight is 247 g/mol. The number of nitrogens with two attached hydrogens (primary N) is 1. The highest BCUT2D eigenvalue weighted by molar-refractivity contribution is 5.89. The van der Waals surface area contributed by atoms with Gasteiger partial charge in [0.25, 0.3) is 0 Å². The van der Waals surface area contributed by atoms with Gasteiger partial charge in [0.15, 0.2) is 0 Å². The topological polar surface area (TPSA) is 67.2 Å². The molecule has 0 spiro atoms. The molecule has 2 rings (SSSR count). The van der Waals surface area contributed by atoms with Crippen molar-refractivity contribution in [2.45, 2.75) is 44.7 Å². The Morgan fingerprint density at radius 2 is 1.89 bits per heavy atom. The summed E-state index contributed by atoms with van der Waals surface area (Å²) in [6.45, 7) is 1.52. The van der Waals surface area contributed by atoms with Crippen LogP contribution < -0.4 is 16.4 Å². The summed E-state index contributed by atoms with van der Waals surface area (Å²) in [4.78, 5) is 11.0. The molecule has 1 aliphatic carbocycles. The van der Waals surface area contributed by atoms with Crippen molar-refractivity contribution in [1.82, 2.24) is 0 Å². The lowest BCUT2D eigenvalue weighted by Crippen LogP contribution is -2.32. The third-order valence-corrected chi connectivity index (χ3v) is 3.33. The van der Waals surface area contributed by atoms with Crippen LogP contribution in [0.1, 0.15) is 32.6 Å². The zero-order valence-electron chi connectivity index (χ0n) is 10.8. The van der Waals surface area contributed by atoms with E-state index in [2.05, 4.69) is 10.6 Å². The highest BCUT2D eigenvalue weighted by Crippen LogP contribution is 2.22. The fourth-order valence-electron chi connectivity index (χ4n) is 2.39. The van der Waals surface area contributed by atoms with Crippen molar-refractivity contribution in [2.24, 2.45) is 5.73 Å². The van der Waals surface area contributed by atoms with Gasteiger partial charge in [0, 0.05) is 30.4 Å². The second-order valence-corrected chi connectivity index (χ2v) is 5.02. The first-order chi connectivity index (χ1) is 8.63. The minimum atomic E-state index is -0.0456. The van der Waals surface area contributed by atoms with E-state index in [0.717, 1.165) is 37.1 Å². The number of benzene rings is 1. The molecular weight excluding hydrogens is 226 g/mol. The minimum absolute atomic E-state index is 0.0456. The molecule has 1 amide bonds. The molecule has 1 aromatic carbocycles. The maximum absolute atomic E-state index is 11.0. The molecule has 0 bridgehead atoms. The maximum Gasteiger partial charge on any atom is 0.221 e. The van der Waals surface area contributed by atoms with Crippen molar-refractivity contribution in [1.29, 1.82) is 0 Å². The highest BCUT2D eigenvalue weighted by atomic mass is 16.1. The van der Waals surface area contributed by atoms with E-state index < -0.39 is 0 Å². The zero-order chi connectivity index (χ0) is 13.0. The third kappa shape index (κ3) is 3.74. The molecule has 0 radical (unpaired) electrons. The number of hydrogen-bond donors (Lipinski definition) is 3. The molecular formula is C14H21N3O. The van der Waals surface area contributed by atoms with Crippen LogP contribution in [0.25, 0.3) is 0 Å². The van der Waals surface area contributed by atoms with Crippen LogP contribution in [0.3, 0.4) is 0 Å². The molecule has 0 saturated heterocycles. The first kappa shape index (κ1) is 12.9. The van der Waals surface area contributed by atoms with Gasteiger partial charge in [-0.15, -0.1) is 0 Å². The summed E-state index contributed by atoms with van der Waals surface area (Å²) in [6, 6.07) is 8.70. The van der Waals surface area contributed by atoms with Gasteiger partial charge in [-0.3, -0.25) is 4.79 Å². The summed E-state index contributed by atoms with van der Waals surface area (Å²) in [5, 5.41) is 6.30. The molecule has 0 atom stereocenters. The molecule has 1 saturated carbocycles. The SMILES string of the molecule is CC(=O)Nc1cccc(NC2CCC(N)CC2)c1. The Morgan fingerprint density at radius 1 is 1.22 bits per heavy atom. The van der Waals surface area contributed by atoms with Crippen molar-refractivity contribution in [3.05, 3.63) is 24.3 Å². The fraction of sp³-hybridized carbons (Fsp3) is 0.500. The van der Waals surface area contributed by atoms with Crippen LogP contribution in [0, 0.1) is 0 Å². The molecule has 0 unspecified atom stereocenters. The Hall–Kier alpha value is -1.55. The molecule has 4 nitrogen and oxygen atoms in total. The van der Waals surface area contributed by atoms with Gasteiger partial charge in [0.1, 0.15) is 0 Å². The highest BCUT2D eigenvalue weighted by Gasteiger charge is 2.18. The first-order valence-corrected chi connectivity index (χ1v) is 6.53. The molecule has 0 aromatic heterocycles. The standard InChI is InChI=1S/C14H21N3O/c1-10(18)16-13-3-2-4-14(9-13)17-12-7-5-11(15)6-8-12/h2-4,9,11-12,17H,5-8,15H2,1H3,(H,16,18). The molecule has 1 aromatic rings. The smallest absolute Gasteiger partial charge is 0.221 e. The monoisotopic (exact) mass is 247 g/mol. The van der Waals surface area contributed by atoms with Crippen LogP contribution in [-0.4, -0.2) is 18.0 Å². The Morgan fingerprint density at radius 3 is 2.56 bits per heavy atom. The van der Waals surface area contributed by atoms with Gasteiger partial charge in [-0.1, -0.05) is 6.07 Å². The average Bonchev–Trinajstić information content (AvgIpc) is 2.32. The van der Waals surface area contributed by atoms with Crippen LogP contribution in [0.5, 0.6) is 0 Å². The van der Waals surface area contributed by atoms with Crippen LogP contribution in [0.15, 0.2) is 24.3 Å². The van der Waals surface area contributed by atoms with E-state index in [1.165, 1.54) is 6.92 Å². The van der Waals surface area contributed by atoms with Crippen molar-refractivity contribution in [3.63, 3.8) is 0 Å². The number of nitrogens with one attached hydrogen (secondary N) is 2.